The van der Waals surface area contributed by atoms with Crippen molar-refractivity contribution in [2.24, 2.45) is 0 Å². The maximum atomic E-state index is 12.1. The van der Waals surface area contributed by atoms with Crippen LogP contribution in [0.2, 0.25) is 10.0 Å². The van der Waals surface area contributed by atoms with E-state index in [2.05, 4.69) is 5.32 Å². The molecule has 0 heterocycles. The number of amides is 2. The molecule has 5 heteroatoms. The number of para-hydroxylation sites is 1. The minimum Gasteiger partial charge on any atom is -0.306 e. The summed E-state index contributed by atoms with van der Waals surface area (Å²) in [6.07, 6.45) is 0. The number of nitrogens with one attached hydrogen (secondary N) is 1. The molecule has 0 bridgehead atoms. The largest absolute Gasteiger partial charge is 0.326 e. The number of carbonyl (C=O) groups excluding carboxylic acids is 1. The van der Waals surface area contributed by atoms with Crippen LogP contribution < -0.4 is 10.2 Å². The van der Waals surface area contributed by atoms with Gasteiger partial charge in [-0.1, -0.05) is 47.5 Å². The van der Waals surface area contributed by atoms with Crippen molar-refractivity contribution < 1.29 is 4.79 Å². The number of benzene rings is 2. The minimum absolute atomic E-state index is 0.282. The molecule has 0 aliphatic carbocycles. The molecular weight excluding hydrogens is 283 g/mol. The second kappa shape index (κ2) is 5.95. The minimum atomic E-state index is -0.282. The monoisotopic (exact) mass is 294 g/mol. The quantitative estimate of drug-likeness (QED) is 0.858. The highest BCUT2D eigenvalue weighted by atomic mass is 35.5. The lowest BCUT2D eigenvalue weighted by Gasteiger charge is -2.18. The topological polar surface area (TPSA) is 32.3 Å². The molecular formula is C14H12Cl2N2O. The lowest BCUT2D eigenvalue weighted by atomic mass is 10.3. The summed E-state index contributed by atoms with van der Waals surface area (Å²) in [4.78, 5) is 13.6. The zero-order valence-corrected chi connectivity index (χ0v) is 11.7. The summed E-state index contributed by atoms with van der Waals surface area (Å²) in [6.45, 7) is 0. The Balaban J connectivity index is 2.15. The molecule has 0 aromatic heterocycles. The normalized spacial score (nSPS) is 10.1. The Morgan fingerprint density at radius 3 is 2.42 bits per heavy atom. The van der Waals surface area contributed by atoms with Crippen LogP contribution in [0.5, 0.6) is 0 Å². The summed E-state index contributed by atoms with van der Waals surface area (Å²) < 4.78 is 0. The van der Waals surface area contributed by atoms with Crippen molar-refractivity contribution in [2.75, 3.05) is 17.3 Å². The molecule has 0 aliphatic heterocycles. The third-order valence-corrected chi connectivity index (χ3v) is 3.46. The van der Waals surface area contributed by atoms with E-state index in [4.69, 9.17) is 23.2 Å². The van der Waals surface area contributed by atoms with Gasteiger partial charge in [-0.2, -0.15) is 0 Å². The van der Waals surface area contributed by atoms with Gasteiger partial charge in [0, 0.05) is 12.7 Å². The lowest BCUT2D eigenvalue weighted by Crippen LogP contribution is -2.31. The number of nitrogens with zero attached hydrogens (tertiary/aromatic N) is 1. The Morgan fingerprint density at radius 1 is 1.05 bits per heavy atom. The van der Waals surface area contributed by atoms with Crippen LogP contribution in [0.4, 0.5) is 16.2 Å². The standard InChI is InChI=1S/C14H12Cl2N2O/c1-18(10-6-3-2-4-7-10)14(19)17-12-9-5-8-11(15)13(12)16/h2-9H,1H3,(H,17,19). The molecule has 3 nitrogen and oxygen atoms in total. The molecule has 0 aliphatic rings. The molecule has 2 aromatic carbocycles. The maximum absolute atomic E-state index is 12.1. The van der Waals surface area contributed by atoms with Crippen molar-refractivity contribution in [2.45, 2.75) is 0 Å². The van der Waals surface area contributed by atoms with Crippen molar-refractivity contribution >= 4 is 40.6 Å². The summed E-state index contributed by atoms with van der Waals surface area (Å²) in [7, 11) is 1.68. The van der Waals surface area contributed by atoms with Crippen molar-refractivity contribution in [3.8, 4) is 0 Å². The van der Waals surface area contributed by atoms with Gasteiger partial charge in [0.2, 0.25) is 0 Å². The van der Waals surface area contributed by atoms with Crippen LogP contribution in [0.15, 0.2) is 48.5 Å². The predicted molar refractivity (Wildman–Crippen MR) is 80.3 cm³/mol. The van der Waals surface area contributed by atoms with Gasteiger partial charge < -0.3 is 5.32 Å². The lowest BCUT2D eigenvalue weighted by molar-refractivity contribution is 0.258. The van der Waals surface area contributed by atoms with Crippen LogP contribution in [0.25, 0.3) is 0 Å². The van der Waals surface area contributed by atoms with E-state index < -0.39 is 0 Å². The Morgan fingerprint density at radius 2 is 1.74 bits per heavy atom. The number of halogens is 2. The number of carbonyl (C=O) groups is 1. The zero-order chi connectivity index (χ0) is 13.8. The SMILES string of the molecule is CN(C(=O)Nc1cccc(Cl)c1Cl)c1ccccc1. The molecule has 0 saturated heterocycles. The van der Waals surface area contributed by atoms with E-state index in [1.807, 2.05) is 30.3 Å². The van der Waals surface area contributed by atoms with E-state index in [0.29, 0.717) is 15.7 Å². The number of hydrogen-bond donors (Lipinski definition) is 1. The number of anilines is 2. The fourth-order valence-corrected chi connectivity index (χ4v) is 1.92. The maximum Gasteiger partial charge on any atom is 0.326 e. The highest BCUT2D eigenvalue weighted by Gasteiger charge is 2.13. The highest BCUT2D eigenvalue weighted by molar-refractivity contribution is 6.44. The summed E-state index contributed by atoms with van der Waals surface area (Å²) in [5, 5.41) is 3.46. The van der Waals surface area contributed by atoms with Gasteiger partial charge in [0.15, 0.2) is 0 Å². The second-order valence-electron chi connectivity index (χ2n) is 3.93. The molecule has 2 amide bonds. The Kier molecular flexibility index (Phi) is 4.30. The van der Waals surface area contributed by atoms with Crippen LogP contribution in [0, 0.1) is 0 Å². The summed E-state index contributed by atoms with van der Waals surface area (Å²) in [5.41, 5.74) is 1.28. The summed E-state index contributed by atoms with van der Waals surface area (Å²) >= 11 is 11.9. The molecule has 2 rings (SSSR count). The fraction of sp³-hybridized carbons (Fsp3) is 0.0714. The van der Waals surface area contributed by atoms with Gasteiger partial charge in [-0.15, -0.1) is 0 Å². The van der Waals surface area contributed by atoms with E-state index in [9.17, 15) is 4.79 Å². The first-order chi connectivity index (χ1) is 9.09. The molecule has 2 aromatic rings. The molecule has 0 saturated carbocycles. The highest BCUT2D eigenvalue weighted by Crippen LogP contribution is 2.29. The average molecular weight is 295 g/mol. The van der Waals surface area contributed by atoms with Gasteiger partial charge >= 0.3 is 6.03 Å². The Labute approximate surface area is 121 Å². The van der Waals surface area contributed by atoms with Crippen LogP contribution in [-0.4, -0.2) is 13.1 Å². The van der Waals surface area contributed by atoms with E-state index in [1.54, 1.807) is 25.2 Å². The van der Waals surface area contributed by atoms with E-state index in [1.165, 1.54) is 4.90 Å². The van der Waals surface area contributed by atoms with Crippen LogP contribution >= 0.6 is 23.2 Å². The predicted octanol–water partition coefficient (Wildman–Crippen LogP) is 4.66. The van der Waals surface area contributed by atoms with Gasteiger partial charge in [0.05, 0.1) is 15.7 Å². The van der Waals surface area contributed by atoms with Crippen molar-refractivity contribution in [1.82, 2.24) is 0 Å². The average Bonchev–Trinajstić information content (AvgIpc) is 2.44. The fourth-order valence-electron chi connectivity index (χ4n) is 1.57. The van der Waals surface area contributed by atoms with E-state index in [-0.39, 0.29) is 6.03 Å². The Bertz CT molecular complexity index is 587. The first kappa shape index (κ1) is 13.7. The van der Waals surface area contributed by atoms with Gasteiger partial charge in [0.1, 0.15) is 0 Å². The molecule has 1 N–H and O–H groups in total. The van der Waals surface area contributed by atoms with Gasteiger partial charge in [-0.25, -0.2) is 4.79 Å². The van der Waals surface area contributed by atoms with Gasteiger partial charge in [-0.3, -0.25) is 4.90 Å². The van der Waals surface area contributed by atoms with E-state index >= 15 is 0 Å². The first-order valence-electron chi connectivity index (χ1n) is 5.63. The molecule has 0 unspecified atom stereocenters. The van der Waals surface area contributed by atoms with Crippen LogP contribution in [0.3, 0.4) is 0 Å². The number of urea groups is 1. The smallest absolute Gasteiger partial charge is 0.306 e. The Hall–Kier alpha value is -1.71. The van der Waals surface area contributed by atoms with Crippen molar-refractivity contribution in [3.05, 3.63) is 58.6 Å². The molecule has 0 fully saturated rings. The third-order valence-electron chi connectivity index (χ3n) is 2.64. The second-order valence-corrected chi connectivity index (χ2v) is 4.71. The van der Waals surface area contributed by atoms with Crippen LogP contribution in [-0.2, 0) is 0 Å². The molecule has 98 valence electrons. The molecule has 0 radical (unpaired) electrons. The number of rotatable bonds is 2. The van der Waals surface area contributed by atoms with Gasteiger partial charge in [-0.05, 0) is 24.3 Å². The third kappa shape index (κ3) is 3.19. The molecule has 0 atom stereocenters. The van der Waals surface area contributed by atoms with E-state index in [0.717, 1.165) is 5.69 Å². The number of hydrogen-bond acceptors (Lipinski definition) is 1. The summed E-state index contributed by atoms with van der Waals surface area (Å²) in [6, 6.07) is 14.1. The van der Waals surface area contributed by atoms with Crippen molar-refractivity contribution in [3.63, 3.8) is 0 Å². The van der Waals surface area contributed by atoms with Crippen molar-refractivity contribution in [1.29, 1.82) is 0 Å². The first-order valence-corrected chi connectivity index (χ1v) is 6.39. The van der Waals surface area contributed by atoms with Gasteiger partial charge in [0.25, 0.3) is 0 Å². The zero-order valence-electron chi connectivity index (χ0n) is 10.2. The molecule has 0 spiro atoms. The molecule has 19 heavy (non-hydrogen) atoms. The summed E-state index contributed by atoms with van der Waals surface area (Å²) in [5.74, 6) is 0. The van der Waals surface area contributed by atoms with Crippen LogP contribution in [0.1, 0.15) is 0 Å².